The number of nitrogens with zero attached hydrogens (tertiary/aromatic N) is 2. The highest BCUT2D eigenvalue weighted by molar-refractivity contribution is 7.19. The van der Waals surface area contributed by atoms with Gasteiger partial charge in [-0.15, -0.1) is 11.3 Å². The number of hydrogen-bond acceptors (Lipinski definition) is 6. The van der Waals surface area contributed by atoms with Crippen molar-refractivity contribution in [2.45, 2.75) is 96.3 Å². The molecule has 0 spiro atoms. The van der Waals surface area contributed by atoms with Gasteiger partial charge in [0, 0.05) is 10.9 Å². The van der Waals surface area contributed by atoms with Gasteiger partial charge in [0.15, 0.2) is 0 Å². The number of aromatic nitrogens is 2. The Hall–Kier alpha value is -1.89. The highest BCUT2D eigenvalue weighted by Gasteiger charge is 2.31. The zero-order valence-electron chi connectivity index (χ0n) is 17.8. The van der Waals surface area contributed by atoms with E-state index in [-0.39, 0.29) is 18.2 Å². The zero-order valence-corrected chi connectivity index (χ0v) is 18.6. The quantitative estimate of drug-likeness (QED) is 0.726. The minimum Gasteiger partial charge on any atom is -0.474 e. The molecule has 0 radical (unpaired) electrons. The molecule has 158 valence electrons. The van der Waals surface area contributed by atoms with E-state index < -0.39 is 5.60 Å². The lowest BCUT2D eigenvalue weighted by molar-refractivity contribution is 0.0470. The van der Waals surface area contributed by atoms with Crippen molar-refractivity contribution >= 4 is 27.6 Å². The summed E-state index contributed by atoms with van der Waals surface area (Å²) >= 11 is 1.80. The molecule has 2 heterocycles. The first-order chi connectivity index (χ1) is 13.8. The minimum atomic E-state index is -0.472. The predicted octanol–water partition coefficient (Wildman–Crippen LogP) is 5.35. The van der Waals surface area contributed by atoms with Gasteiger partial charge in [-0.2, -0.15) is 0 Å². The molecule has 0 unspecified atom stereocenters. The van der Waals surface area contributed by atoms with Gasteiger partial charge in [-0.3, -0.25) is 0 Å². The van der Waals surface area contributed by atoms with E-state index in [0.717, 1.165) is 54.6 Å². The van der Waals surface area contributed by atoms with Crippen molar-refractivity contribution in [3.8, 4) is 5.88 Å². The lowest BCUT2D eigenvalue weighted by Gasteiger charge is -2.30. The molecule has 1 fully saturated rings. The van der Waals surface area contributed by atoms with Crippen LogP contribution in [0.5, 0.6) is 5.88 Å². The predicted molar refractivity (Wildman–Crippen MR) is 115 cm³/mol. The van der Waals surface area contributed by atoms with Gasteiger partial charge < -0.3 is 14.8 Å². The summed E-state index contributed by atoms with van der Waals surface area (Å²) in [7, 11) is 0. The maximum Gasteiger partial charge on any atom is 0.407 e. The molecule has 1 amide bonds. The number of hydrogen-bond donors (Lipinski definition) is 1. The van der Waals surface area contributed by atoms with Gasteiger partial charge >= 0.3 is 6.09 Å². The first kappa shape index (κ1) is 20.4. The average Bonchev–Trinajstić information content (AvgIpc) is 3.20. The number of carbonyl (C=O) groups excluding carboxylic acids is 1. The van der Waals surface area contributed by atoms with Crippen molar-refractivity contribution in [3.05, 3.63) is 16.8 Å². The second-order valence-electron chi connectivity index (χ2n) is 9.18. The second kappa shape index (κ2) is 8.09. The summed E-state index contributed by atoms with van der Waals surface area (Å²) in [5.74, 6) is 1.34. The first-order valence-electron chi connectivity index (χ1n) is 10.8. The Morgan fingerprint density at radius 3 is 2.66 bits per heavy atom. The molecule has 2 aliphatic rings. The van der Waals surface area contributed by atoms with Gasteiger partial charge in [0.1, 0.15) is 22.9 Å². The standard InChI is InChI=1S/C22H31N3O3S/c1-5-13-6-11-16-17(13)18-19(23-12-24-20(18)29-16)27-15-9-7-14(8-10-15)25-21(26)28-22(2,3)4/h12-15H,5-11H2,1-4H3,(H,25,26)/t13-,14?,15?/m0/s1. The van der Waals surface area contributed by atoms with E-state index in [0.29, 0.717) is 5.92 Å². The van der Waals surface area contributed by atoms with Crippen LogP contribution in [-0.4, -0.2) is 33.8 Å². The number of alkyl carbamates (subject to hydrolysis) is 1. The molecular weight excluding hydrogens is 386 g/mol. The zero-order chi connectivity index (χ0) is 20.6. The van der Waals surface area contributed by atoms with Crippen LogP contribution in [-0.2, 0) is 11.2 Å². The molecule has 0 aliphatic heterocycles. The van der Waals surface area contributed by atoms with Crippen molar-refractivity contribution in [2.75, 3.05) is 0 Å². The molecule has 0 saturated heterocycles. The van der Waals surface area contributed by atoms with Crippen LogP contribution >= 0.6 is 11.3 Å². The molecule has 0 aromatic carbocycles. The molecule has 7 heteroatoms. The average molecular weight is 418 g/mol. The summed E-state index contributed by atoms with van der Waals surface area (Å²) in [5.41, 5.74) is 0.961. The summed E-state index contributed by atoms with van der Waals surface area (Å²) in [4.78, 5) is 23.5. The number of ether oxygens (including phenoxy) is 2. The van der Waals surface area contributed by atoms with Crippen LogP contribution in [0.2, 0.25) is 0 Å². The third kappa shape index (κ3) is 4.49. The third-order valence-electron chi connectivity index (χ3n) is 5.86. The Morgan fingerprint density at radius 1 is 1.21 bits per heavy atom. The number of thiophene rings is 1. The molecule has 6 nitrogen and oxygen atoms in total. The summed E-state index contributed by atoms with van der Waals surface area (Å²) in [6.45, 7) is 7.89. The Kier molecular flexibility index (Phi) is 5.69. The molecule has 1 saturated carbocycles. The SMILES string of the molecule is CC[C@H]1CCc2sc3ncnc(OC4CCC(NC(=O)OC(C)(C)C)CC4)c3c21. The molecule has 0 bridgehead atoms. The number of fused-ring (bicyclic) bond motifs is 3. The van der Waals surface area contributed by atoms with Gasteiger partial charge in [-0.05, 0) is 77.2 Å². The smallest absolute Gasteiger partial charge is 0.407 e. The highest BCUT2D eigenvalue weighted by atomic mass is 32.1. The number of nitrogens with one attached hydrogen (secondary N) is 1. The first-order valence-corrected chi connectivity index (χ1v) is 11.6. The van der Waals surface area contributed by atoms with E-state index in [9.17, 15) is 4.79 Å². The Morgan fingerprint density at radius 2 is 1.97 bits per heavy atom. The minimum absolute atomic E-state index is 0.127. The summed E-state index contributed by atoms with van der Waals surface area (Å²) in [6.07, 6.45) is 8.51. The van der Waals surface area contributed by atoms with E-state index >= 15 is 0 Å². The van der Waals surface area contributed by atoms with Crippen LogP contribution in [0.3, 0.4) is 0 Å². The molecule has 29 heavy (non-hydrogen) atoms. The second-order valence-corrected chi connectivity index (χ2v) is 10.3. The Labute approximate surface area is 176 Å². The van der Waals surface area contributed by atoms with Crippen LogP contribution in [0.1, 0.15) is 82.6 Å². The van der Waals surface area contributed by atoms with Gasteiger partial charge in [0.2, 0.25) is 5.88 Å². The Bertz CT molecular complexity index is 881. The van der Waals surface area contributed by atoms with Crippen molar-refractivity contribution in [2.24, 2.45) is 0 Å². The van der Waals surface area contributed by atoms with Crippen LogP contribution < -0.4 is 10.1 Å². The molecule has 2 aromatic heterocycles. The lowest BCUT2D eigenvalue weighted by atomic mass is 9.93. The number of carbonyl (C=O) groups is 1. The van der Waals surface area contributed by atoms with Crippen LogP contribution in [0.15, 0.2) is 6.33 Å². The van der Waals surface area contributed by atoms with Crippen molar-refractivity contribution in [1.29, 1.82) is 0 Å². The fourth-order valence-corrected chi connectivity index (χ4v) is 5.73. The largest absolute Gasteiger partial charge is 0.474 e. The van der Waals surface area contributed by atoms with E-state index in [2.05, 4.69) is 22.2 Å². The molecule has 4 rings (SSSR count). The monoisotopic (exact) mass is 417 g/mol. The number of aryl methyl sites for hydroxylation is 1. The normalized spacial score (nSPS) is 24.3. The summed E-state index contributed by atoms with van der Waals surface area (Å²) < 4.78 is 11.8. The van der Waals surface area contributed by atoms with Gasteiger partial charge in [-0.25, -0.2) is 14.8 Å². The maximum absolute atomic E-state index is 12.0. The third-order valence-corrected chi connectivity index (χ3v) is 7.03. The molecule has 2 aromatic rings. The Balaban J connectivity index is 1.40. The fourth-order valence-electron chi connectivity index (χ4n) is 4.50. The van der Waals surface area contributed by atoms with Crippen LogP contribution in [0, 0.1) is 0 Å². The van der Waals surface area contributed by atoms with Gasteiger partial charge in [-0.1, -0.05) is 6.92 Å². The highest BCUT2D eigenvalue weighted by Crippen LogP contribution is 2.47. The fraction of sp³-hybridized carbons (Fsp3) is 0.682. The van der Waals surface area contributed by atoms with E-state index in [4.69, 9.17) is 9.47 Å². The van der Waals surface area contributed by atoms with Crippen LogP contribution in [0.25, 0.3) is 10.2 Å². The molecule has 1 atom stereocenters. The molecule has 1 N–H and O–H groups in total. The van der Waals surface area contributed by atoms with E-state index in [1.165, 1.54) is 16.9 Å². The molecular formula is C22H31N3O3S. The lowest BCUT2D eigenvalue weighted by Crippen LogP contribution is -2.42. The van der Waals surface area contributed by atoms with E-state index in [1.807, 2.05) is 20.8 Å². The van der Waals surface area contributed by atoms with Crippen molar-refractivity contribution < 1.29 is 14.3 Å². The number of amides is 1. The maximum atomic E-state index is 12.0. The summed E-state index contributed by atoms with van der Waals surface area (Å²) in [5, 5.41) is 4.14. The topological polar surface area (TPSA) is 73.3 Å². The van der Waals surface area contributed by atoms with Gasteiger partial charge in [0.25, 0.3) is 0 Å². The van der Waals surface area contributed by atoms with Gasteiger partial charge in [0.05, 0.1) is 5.39 Å². The van der Waals surface area contributed by atoms with Crippen LogP contribution in [0.4, 0.5) is 4.79 Å². The van der Waals surface area contributed by atoms with Crippen molar-refractivity contribution in [1.82, 2.24) is 15.3 Å². The number of rotatable bonds is 4. The van der Waals surface area contributed by atoms with Crippen molar-refractivity contribution in [3.63, 3.8) is 0 Å². The molecule has 2 aliphatic carbocycles. The van der Waals surface area contributed by atoms with E-state index in [1.54, 1.807) is 17.7 Å². The summed E-state index contributed by atoms with van der Waals surface area (Å²) in [6, 6.07) is 0.144.